The molecule has 0 radical (unpaired) electrons. The first-order valence-electron chi connectivity index (χ1n) is 11.2. The predicted octanol–water partition coefficient (Wildman–Crippen LogP) is 6.89. The smallest absolute Gasteiger partial charge is 0.339 e. The van der Waals surface area contributed by atoms with Crippen LogP contribution >= 0.6 is 0 Å². The Kier molecular flexibility index (Phi) is 14.5. The average Bonchev–Trinajstić information content (AvgIpc) is 2.74. The summed E-state index contributed by atoms with van der Waals surface area (Å²) in [4.78, 5) is 24.6. The Balaban J connectivity index is 2.24. The van der Waals surface area contributed by atoms with Crippen LogP contribution in [0.2, 0.25) is 0 Å². The average molecular weight is 403 g/mol. The van der Waals surface area contributed by atoms with E-state index in [0.717, 1.165) is 25.7 Å². The van der Waals surface area contributed by atoms with Gasteiger partial charge in [-0.3, -0.25) is 0 Å². The zero-order valence-corrected chi connectivity index (χ0v) is 18.1. The van der Waals surface area contributed by atoms with E-state index in [1.54, 1.807) is 30.3 Å². The summed E-state index contributed by atoms with van der Waals surface area (Å²) in [5.41, 5.74) is 0.535. The fourth-order valence-electron chi connectivity index (χ4n) is 3.14. The molecule has 0 aliphatic carbocycles. The highest BCUT2D eigenvalue weighted by molar-refractivity contribution is 6.03. The van der Waals surface area contributed by atoms with E-state index in [1.165, 1.54) is 51.4 Å². The van der Waals surface area contributed by atoms with Crippen LogP contribution in [0.3, 0.4) is 0 Å². The summed E-state index contributed by atoms with van der Waals surface area (Å²) >= 11 is 0. The molecule has 0 N–H and O–H groups in total. The molecule has 1 rings (SSSR count). The Bertz CT molecular complexity index is 594. The van der Waals surface area contributed by atoms with Crippen molar-refractivity contribution in [3.8, 4) is 0 Å². The van der Waals surface area contributed by atoms with Crippen LogP contribution in [0.5, 0.6) is 0 Å². The van der Waals surface area contributed by atoms with Crippen LogP contribution in [0.4, 0.5) is 0 Å². The second kappa shape index (κ2) is 16.8. The third kappa shape index (κ3) is 11.5. The zero-order valence-electron chi connectivity index (χ0n) is 18.1. The molecule has 0 fully saturated rings. The van der Waals surface area contributed by atoms with Crippen molar-refractivity contribution in [3.63, 3.8) is 0 Å². The summed E-state index contributed by atoms with van der Waals surface area (Å²) in [6.45, 7) is 6.58. The zero-order chi connectivity index (χ0) is 21.2. The summed E-state index contributed by atoms with van der Waals surface area (Å²) in [5.74, 6) is -0.944. The van der Waals surface area contributed by atoms with Gasteiger partial charge in [0.1, 0.15) is 0 Å². The highest BCUT2D eigenvalue weighted by Crippen LogP contribution is 2.14. The molecule has 4 heteroatoms. The normalized spacial score (nSPS) is 10.5. The van der Waals surface area contributed by atoms with Crippen LogP contribution in [0.1, 0.15) is 105 Å². The predicted molar refractivity (Wildman–Crippen MR) is 118 cm³/mol. The summed E-state index contributed by atoms with van der Waals surface area (Å²) < 4.78 is 10.6. The SMILES string of the molecule is C=CCCCOC(=O)c1ccccc1C(=O)OCCCCCCCCCCCC. The van der Waals surface area contributed by atoms with Gasteiger partial charge in [-0.05, 0) is 31.4 Å². The maximum absolute atomic E-state index is 12.4. The van der Waals surface area contributed by atoms with Crippen molar-refractivity contribution in [3.05, 3.63) is 48.0 Å². The summed E-state index contributed by atoms with van der Waals surface area (Å²) in [6, 6.07) is 6.67. The number of benzene rings is 1. The molecule has 0 heterocycles. The molecule has 0 aliphatic rings. The number of esters is 2. The lowest BCUT2D eigenvalue weighted by Gasteiger charge is -2.09. The van der Waals surface area contributed by atoms with Crippen molar-refractivity contribution >= 4 is 11.9 Å². The van der Waals surface area contributed by atoms with Gasteiger partial charge in [0.05, 0.1) is 24.3 Å². The monoisotopic (exact) mass is 402 g/mol. The molecule has 0 saturated heterocycles. The van der Waals surface area contributed by atoms with Crippen molar-refractivity contribution < 1.29 is 19.1 Å². The molecule has 0 aliphatic heterocycles. The molecular weight excluding hydrogens is 364 g/mol. The molecule has 0 spiro atoms. The van der Waals surface area contributed by atoms with E-state index >= 15 is 0 Å². The first-order valence-corrected chi connectivity index (χ1v) is 11.2. The van der Waals surface area contributed by atoms with Gasteiger partial charge >= 0.3 is 11.9 Å². The van der Waals surface area contributed by atoms with Gasteiger partial charge in [0.15, 0.2) is 0 Å². The van der Waals surface area contributed by atoms with Gasteiger partial charge in [-0.2, -0.15) is 0 Å². The molecule has 1 aromatic rings. The van der Waals surface area contributed by atoms with Gasteiger partial charge in [0.2, 0.25) is 0 Å². The third-order valence-corrected chi connectivity index (χ3v) is 4.88. The minimum absolute atomic E-state index is 0.263. The highest BCUT2D eigenvalue weighted by atomic mass is 16.5. The number of carbonyl (C=O) groups is 2. The van der Waals surface area contributed by atoms with E-state index in [9.17, 15) is 9.59 Å². The van der Waals surface area contributed by atoms with Gasteiger partial charge in [-0.1, -0.05) is 82.9 Å². The molecular formula is C25H38O4. The standard InChI is InChI=1S/C25H38O4/c1-3-5-7-8-9-10-11-12-13-17-21-29-25(27)23-19-15-14-18-22(23)24(26)28-20-16-6-4-2/h4,14-15,18-19H,2-3,5-13,16-17,20-21H2,1H3. The number of ether oxygens (including phenoxy) is 2. The summed E-state index contributed by atoms with van der Waals surface area (Å²) in [5, 5.41) is 0. The molecule has 0 aromatic heterocycles. The van der Waals surface area contributed by atoms with Crippen LogP contribution in [0.25, 0.3) is 0 Å². The lowest BCUT2D eigenvalue weighted by atomic mass is 10.1. The van der Waals surface area contributed by atoms with Crippen LogP contribution < -0.4 is 0 Å². The first-order chi connectivity index (χ1) is 14.2. The second-order valence-electron chi connectivity index (χ2n) is 7.43. The number of hydrogen-bond acceptors (Lipinski definition) is 4. The minimum atomic E-state index is -0.486. The Morgan fingerprint density at radius 2 is 1.21 bits per heavy atom. The highest BCUT2D eigenvalue weighted by Gasteiger charge is 2.18. The molecule has 0 saturated carbocycles. The number of allylic oxidation sites excluding steroid dienone is 1. The van der Waals surface area contributed by atoms with E-state index < -0.39 is 11.9 Å². The lowest BCUT2D eigenvalue weighted by molar-refractivity contribution is 0.0452. The van der Waals surface area contributed by atoms with E-state index in [0.29, 0.717) is 13.2 Å². The molecule has 1 aromatic carbocycles. The molecule has 162 valence electrons. The van der Waals surface area contributed by atoms with Crippen LogP contribution in [-0.2, 0) is 9.47 Å². The number of unbranched alkanes of at least 4 members (excludes halogenated alkanes) is 10. The maximum atomic E-state index is 12.4. The van der Waals surface area contributed by atoms with Crippen molar-refractivity contribution in [2.75, 3.05) is 13.2 Å². The molecule has 29 heavy (non-hydrogen) atoms. The van der Waals surface area contributed by atoms with E-state index in [4.69, 9.17) is 9.47 Å². The Morgan fingerprint density at radius 3 is 1.69 bits per heavy atom. The Hall–Kier alpha value is -2.10. The fourth-order valence-corrected chi connectivity index (χ4v) is 3.14. The van der Waals surface area contributed by atoms with E-state index in [2.05, 4.69) is 13.5 Å². The quantitative estimate of drug-likeness (QED) is 0.162. The fraction of sp³-hybridized carbons (Fsp3) is 0.600. The second-order valence-corrected chi connectivity index (χ2v) is 7.43. The lowest BCUT2D eigenvalue weighted by Crippen LogP contribution is -2.15. The van der Waals surface area contributed by atoms with E-state index in [-0.39, 0.29) is 11.1 Å². The topological polar surface area (TPSA) is 52.6 Å². The van der Waals surface area contributed by atoms with Gasteiger partial charge < -0.3 is 9.47 Å². The number of rotatable bonds is 17. The van der Waals surface area contributed by atoms with Crippen LogP contribution in [-0.4, -0.2) is 25.2 Å². The van der Waals surface area contributed by atoms with Gasteiger partial charge in [-0.15, -0.1) is 6.58 Å². The Morgan fingerprint density at radius 1 is 0.759 bits per heavy atom. The van der Waals surface area contributed by atoms with Gasteiger partial charge in [0.25, 0.3) is 0 Å². The molecule has 4 nitrogen and oxygen atoms in total. The van der Waals surface area contributed by atoms with Crippen molar-refractivity contribution in [1.82, 2.24) is 0 Å². The number of carbonyl (C=O) groups excluding carboxylic acids is 2. The van der Waals surface area contributed by atoms with Crippen molar-refractivity contribution in [2.24, 2.45) is 0 Å². The van der Waals surface area contributed by atoms with Crippen molar-refractivity contribution in [1.29, 1.82) is 0 Å². The van der Waals surface area contributed by atoms with Crippen LogP contribution in [0, 0.1) is 0 Å². The van der Waals surface area contributed by atoms with E-state index in [1.807, 2.05) is 0 Å². The third-order valence-electron chi connectivity index (χ3n) is 4.88. The maximum Gasteiger partial charge on any atom is 0.339 e. The minimum Gasteiger partial charge on any atom is -0.462 e. The molecule has 0 amide bonds. The van der Waals surface area contributed by atoms with Crippen molar-refractivity contribution in [2.45, 2.75) is 84.0 Å². The summed E-state index contributed by atoms with van der Waals surface area (Å²) in [6.07, 6.45) is 15.6. The molecule has 0 atom stereocenters. The Labute approximate surface area is 176 Å². The largest absolute Gasteiger partial charge is 0.462 e. The van der Waals surface area contributed by atoms with Gasteiger partial charge in [0, 0.05) is 0 Å². The first kappa shape index (κ1) is 24.9. The van der Waals surface area contributed by atoms with Gasteiger partial charge in [-0.25, -0.2) is 9.59 Å². The number of hydrogen-bond donors (Lipinski definition) is 0. The van der Waals surface area contributed by atoms with Crippen LogP contribution in [0.15, 0.2) is 36.9 Å². The molecule has 0 bridgehead atoms. The summed E-state index contributed by atoms with van der Waals surface area (Å²) in [7, 11) is 0. The molecule has 0 unspecified atom stereocenters.